The molecule has 0 aromatic heterocycles. The van der Waals surface area contributed by atoms with Crippen LogP contribution >= 0.6 is 0 Å². The van der Waals surface area contributed by atoms with Gasteiger partial charge < -0.3 is 10.1 Å². The highest BCUT2D eigenvalue weighted by atomic mass is 32.2. The Morgan fingerprint density at radius 2 is 2.00 bits per heavy atom. The number of ether oxygens (including phenoxy) is 1. The van der Waals surface area contributed by atoms with Gasteiger partial charge in [-0.3, -0.25) is 0 Å². The Kier molecular flexibility index (Phi) is 6.32. The number of hydrogen-bond donors (Lipinski definition) is 1. The van der Waals surface area contributed by atoms with Crippen LogP contribution in [-0.4, -0.2) is 47.2 Å². The third-order valence-electron chi connectivity index (χ3n) is 1.35. The SMILES string of the molecule is COCCNCCCS(C)(=O)=O. The molecule has 0 saturated heterocycles. The van der Waals surface area contributed by atoms with Crippen molar-refractivity contribution in [1.29, 1.82) is 0 Å². The van der Waals surface area contributed by atoms with Gasteiger partial charge in [0.1, 0.15) is 9.84 Å². The second-order valence-electron chi connectivity index (χ2n) is 2.73. The fourth-order valence-electron chi connectivity index (χ4n) is 0.759. The summed E-state index contributed by atoms with van der Waals surface area (Å²) in [5.74, 6) is 0.257. The van der Waals surface area contributed by atoms with E-state index >= 15 is 0 Å². The minimum atomic E-state index is -2.79. The zero-order valence-electron chi connectivity index (χ0n) is 7.67. The highest BCUT2D eigenvalue weighted by molar-refractivity contribution is 7.90. The predicted octanol–water partition coefficient (Wildman–Crippen LogP) is -0.343. The van der Waals surface area contributed by atoms with Gasteiger partial charge in [-0.15, -0.1) is 0 Å². The molecule has 0 unspecified atom stereocenters. The lowest BCUT2D eigenvalue weighted by atomic mass is 10.5. The first-order chi connectivity index (χ1) is 5.56. The summed E-state index contributed by atoms with van der Waals surface area (Å²) in [7, 11) is -1.15. The predicted molar refractivity (Wildman–Crippen MR) is 49.1 cm³/mol. The van der Waals surface area contributed by atoms with E-state index in [1.165, 1.54) is 6.26 Å². The number of methoxy groups -OCH3 is 1. The molecule has 0 rings (SSSR count). The molecule has 0 spiro atoms. The fraction of sp³-hybridized carbons (Fsp3) is 1.00. The second kappa shape index (κ2) is 6.39. The van der Waals surface area contributed by atoms with Gasteiger partial charge >= 0.3 is 0 Å². The third kappa shape index (κ3) is 9.87. The van der Waals surface area contributed by atoms with Crippen LogP contribution in [0.4, 0.5) is 0 Å². The van der Waals surface area contributed by atoms with Crippen LogP contribution in [0.15, 0.2) is 0 Å². The lowest BCUT2D eigenvalue weighted by Gasteiger charge is -2.02. The molecule has 0 saturated carbocycles. The van der Waals surface area contributed by atoms with E-state index in [0.717, 1.165) is 13.1 Å². The molecular formula is C7H17NO3S. The first-order valence-corrected chi connectivity index (χ1v) is 5.99. The van der Waals surface area contributed by atoms with E-state index in [0.29, 0.717) is 13.0 Å². The van der Waals surface area contributed by atoms with Gasteiger partial charge in [0.2, 0.25) is 0 Å². The highest BCUT2D eigenvalue weighted by Gasteiger charge is 1.99. The molecule has 4 nitrogen and oxygen atoms in total. The van der Waals surface area contributed by atoms with Crippen molar-refractivity contribution in [3.8, 4) is 0 Å². The van der Waals surface area contributed by atoms with Gasteiger partial charge in [-0.1, -0.05) is 0 Å². The monoisotopic (exact) mass is 195 g/mol. The van der Waals surface area contributed by atoms with E-state index in [9.17, 15) is 8.42 Å². The highest BCUT2D eigenvalue weighted by Crippen LogP contribution is 1.86. The molecule has 0 fully saturated rings. The molecule has 74 valence electrons. The Morgan fingerprint density at radius 1 is 1.33 bits per heavy atom. The molecular weight excluding hydrogens is 178 g/mol. The minimum absolute atomic E-state index is 0.257. The van der Waals surface area contributed by atoms with E-state index in [-0.39, 0.29) is 5.75 Å². The lowest BCUT2D eigenvalue weighted by molar-refractivity contribution is 0.199. The Bertz CT molecular complexity index is 189. The molecule has 0 aliphatic carbocycles. The summed E-state index contributed by atoms with van der Waals surface area (Å²) in [4.78, 5) is 0. The number of sulfone groups is 1. The summed E-state index contributed by atoms with van der Waals surface area (Å²) in [6.07, 6.45) is 1.92. The van der Waals surface area contributed by atoms with E-state index in [1.807, 2.05) is 0 Å². The van der Waals surface area contributed by atoms with Crippen molar-refractivity contribution in [3.05, 3.63) is 0 Å². The topological polar surface area (TPSA) is 55.4 Å². The Balaban J connectivity index is 3.12. The molecule has 5 heteroatoms. The summed E-state index contributed by atoms with van der Waals surface area (Å²) in [6, 6.07) is 0. The summed E-state index contributed by atoms with van der Waals surface area (Å²) in [6.45, 7) is 2.18. The average Bonchev–Trinajstić information content (AvgIpc) is 1.94. The molecule has 0 atom stereocenters. The quantitative estimate of drug-likeness (QED) is 0.565. The van der Waals surface area contributed by atoms with Gasteiger partial charge in [0.25, 0.3) is 0 Å². The van der Waals surface area contributed by atoms with Crippen molar-refractivity contribution < 1.29 is 13.2 Å². The third-order valence-corrected chi connectivity index (χ3v) is 2.38. The van der Waals surface area contributed by atoms with Gasteiger partial charge in [-0.25, -0.2) is 8.42 Å². The van der Waals surface area contributed by atoms with Crippen LogP contribution in [0, 0.1) is 0 Å². The fourth-order valence-corrected chi connectivity index (χ4v) is 1.43. The van der Waals surface area contributed by atoms with Gasteiger partial charge in [-0.2, -0.15) is 0 Å². The van der Waals surface area contributed by atoms with Crippen molar-refractivity contribution in [3.63, 3.8) is 0 Å². The maximum absolute atomic E-state index is 10.7. The van der Waals surface area contributed by atoms with Crippen LogP contribution in [0.1, 0.15) is 6.42 Å². The molecule has 0 aromatic rings. The van der Waals surface area contributed by atoms with Crippen molar-refractivity contribution in [2.45, 2.75) is 6.42 Å². The molecule has 1 N–H and O–H groups in total. The van der Waals surface area contributed by atoms with Crippen LogP contribution in [0.25, 0.3) is 0 Å². The number of nitrogens with one attached hydrogen (secondary N) is 1. The minimum Gasteiger partial charge on any atom is -0.383 e. The molecule has 0 heterocycles. The Labute approximate surface area is 74.2 Å². The maximum Gasteiger partial charge on any atom is 0.147 e. The van der Waals surface area contributed by atoms with Crippen LogP contribution in [0.3, 0.4) is 0 Å². The maximum atomic E-state index is 10.7. The first-order valence-electron chi connectivity index (χ1n) is 3.93. The normalized spacial score (nSPS) is 11.8. The summed E-state index contributed by atoms with van der Waals surface area (Å²) in [5.41, 5.74) is 0. The van der Waals surface area contributed by atoms with E-state index in [2.05, 4.69) is 5.32 Å². The first kappa shape index (κ1) is 11.9. The summed E-state index contributed by atoms with van der Waals surface area (Å²) < 4.78 is 26.1. The molecule has 0 amide bonds. The molecule has 0 radical (unpaired) electrons. The number of hydrogen-bond acceptors (Lipinski definition) is 4. The Hall–Kier alpha value is -0.130. The van der Waals surface area contributed by atoms with Gasteiger partial charge in [-0.05, 0) is 13.0 Å². The molecule has 0 aromatic carbocycles. The molecule has 12 heavy (non-hydrogen) atoms. The molecule has 0 aliphatic heterocycles. The van der Waals surface area contributed by atoms with Gasteiger partial charge in [0.05, 0.1) is 12.4 Å². The standard InChI is InChI=1S/C7H17NO3S/c1-11-6-5-8-4-3-7-12(2,9)10/h8H,3-7H2,1-2H3. The van der Waals surface area contributed by atoms with E-state index in [1.54, 1.807) is 7.11 Å². The zero-order valence-corrected chi connectivity index (χ0v) is 8.49. The van der Waals surface area contributed by atoms with Crippen molar-refractivity contribution in [2.75, 3.05) is 38.8 Å². The van der Waals surface area contributed by atoms with Crippen LogP contribution in [0.2, 0.25) is 0 Å². The lowest BCUT2D eigenvalue weighted by Crippen LogP contribution is -2.22. The summed E-state index contributed by atoms with van der Waals surface area (Å²) in [5, 5.41) is 3.07. The average molecular weight is 195 g/mol. The van der Waals surface area contributed by atoms with Crippen molar-refractivity contribution >= 4 is 9.84 Å². The van der Waals surface area contributed by atoms with Crippen LogP contribution in [0.5, 0.6) is 0 Å². The van der Waals surface area contributed by atoms with Crippen LogP contribution < -0.4 is 5.32 Å². The van der Waals surface area contributed by atoms with Gasteiger partial charge in [0, 0.05) is 19.9 Å². The summed E-state index contributed by atoms with van der Waals surface area (Å²) >= 11 is 0. The van der Waals surface area contributed by atoms with E-state index < -0.39 is 9.84 Å². The van der Waals surface area contributed by atoms with Crippen molar-refractivity contribution in [1.82, 2.24) is 5.32 Å². The molecule has 0 bridgehead atoms. The molecule has 0 aliphatic rings. The largest absolute Gasteiger partial charge is 0.383 e. The van der Waals surface area contributed by atoms with Crippen LogP contribution in [-0.2, 0) is 14.6 Å². The zero-order chi connectivity index (χ0) is 9.45. The van der Waals surface area contributed by atoms with E-state index in [4.69, 9.17) is 4.74 Å². The number of rotatable bonds is 7. The second-order valence-corrected chi connectivity index (χ2v) is 4.99. The smallest absolute Gasteiger partial charge is 0.147 e. The van der Waals surface area contributed by atoms with Crippen molar-refractivity contribution in [2.24, 2.45) is 0 Å². The Morgan fingerprint density at radius 3 is 2.50 bits per heavy atom. The van der Waals surface area contributed by atoms with Gasteiger partial charge in [0.15, 0.2) is 0 Å².